The van der Waals surface area contributed by atoms with E-state index in [0.29, 0.717) is 27.8 Å². The quantitative estimate of drug-likeness (QED) is 0.241. The van der Waals surface area contributed by atoms with Gasteiger partial charge in [0.1, 0.15) is 17.9 Å². The maximum Gasteiger partial charge on any atom is 0.330 e. The third-order valence-electron chi connectivity index (χ3n) is 6.84. The first-order valence-corrected chi connectivity index (χ1v) is 13.0. The Morgan fingerprint density at radius 2 is 1.89 bits per heavy atom. The van der Waals surface area contributed by atoms with Gasteiger partial charge in [-0.25, -0.2) is 9.18 Å². The van der Waals surface area contributed by atoms with E-state index in [4.69, 9.17) is 0 Å². The van der Waals surface area contributed by atoms with Gasteiger partial charge in [-0.1, -0.05) is 30.3 Å². The van der Waals surface area contributed by atoms with Crippen LogP contribution in [0.25, 0.3) is 22.0 Å². The van der Waals surface area contributed by atoms with Crippen LogP contribution in [0, 0.1) is 5.82 Å². The molecule has 38 heavy (non-hydrogen) atoms. The molecule has 0 bridgehead atoms. The Morgan fingerprint density at radius 1 is 1.11 bits per heavy atom. The minimum absolute atomic E-state index is 0.0413. The molecule has 2 aromatic carbocycles. The van der Waals surface area contributed by atoms with E-state index in [2.05, 4.69) is 9.55 Å². The predicted molar refractivity (Wildman–Crippen MR) is 145 cm³/mol. The Hall–Kier alpha value is -4.21. The van der Waals surface area contributed by atoms with Crippen molar-refractivity contribution in [1.82, 2.24) is 19.0 Å². The van der Waals surface area contributed by atoms with Crippen molar-refractivity contribution < 1.29 is 19.1 Å². The number of amides is 1. The number of aromatic nitrogens is 3. The molecule has 3 aromatic heterocycles. The first kappa shape index (κ1) is 24.1. The number of nitrogens with zero attached hydrogens (tertiary/aromatic N) is 4. The number of aliphatic hydroxyl groups is 1. The fraction of sp³-hybridized carbons (Fsp3) is 0.138. The van der Waals surface area contributed by atoms with Crippen LogP contribution in [0.3, 0.4) is 0 Å². The van der Waals surface area contributed by atoms with E-state index in [1.165, 1.54) is 23.7 Å². The van der Waals surface area contributed by atoms with E-state index < -0.39 is 12.8 Å². The van der Waals surface area contributed by atoms with Gasteiger partial charge in [-0.2, -0.15) is 0 Å². The van der Waals surface area contributed by atoms with Crippen molar-refractivity contribution in [2.45, 2.75) is 11.1 Å². The summed E-state index contributed by atoms with van der Waals surface area (Å²) in [6.45, 7) is -0.473. The van der Waals surface area contributed by atoms with Crippen molar-refractivity contribution in [2.24, 2.45) is 0 Å². The second kappa shape index (κ2) is 9.59. The average molecular weight is 527 g/mol. The zero-order valence-corrected chi connectivity index (χ0v) is 21.2. The van der Waals surface area contributed by atoms with Crippen molar-refractivity contribution >= 4 is 34.5 Å². The van der Waals surface area contributed by atoms with Crippen LogP contribution in [0.2, 0.25) is 0 Å². The Kier molecular flexibility index (Phi) is 6.09. The highest BCUT2D eigenvalue weighted by atomic mass is 32.2. The van der Waals surface area contributed by atoms with Gasteiger partial charge in [0, 0.05) is 65.4 Å². The molecule has 190 valence electrons. The van der Waals surface area contributed by atoms with Gasteiger partial charge in [-0.05, 0) is 41.5 Å². The highest BCUT2D eigenvalue weighted by Gasteiger charge is 2.30. The van der Waals surface area contributed by atoms with E-state index in [0.717, 1.165) is 27.3 Å². The summed E-state index contributed by atoms with van der Waals surface area (Å²) >= 11 is 1.73. The number of thioether (sulfide) groups is 1. The molecule has 1 unspecified atom stereocenters. The first-order chi connectivity index (χ1) is 18.5. The molecule has 0 radical (unpaired) electrons. The van der Waals surface area contributed by atoms with Gasteiger partial charge in [0.2, 0.25) is 0 Å². The molecule has 0 saturated heterocycles. The third kappa shape index (κ3) is 4.00. The lowest BCUT2D eigenvalue weighted by molar-refractivity contribution is 0.103. The van der Waals surface area contributed by atoms with E-state index in [1.807, 2.05) is 42.7 Å². The molecule has 1 aliphatic heterocycles. The molecular formula is C29H23FN4O3S. The van der Waals surface area contributed by atoms with Crippen LogP contribution < -0.4 is 0 Å². The van der Waals surface area contributed by atoms with Crippen molar-refractivity contribution in [3.05, 3.63) is 114 Å². The smallest absolute Gasteiger partial charge is 0.330 e. The number of fused-ring (bicyclic) bond motifs is 2. The number of benzene rings is 2. The topological polar surface area (TPSA) is 80.4 Å². The van der Waals surface area contributed by atoms with Gasteiger partial charge in [0.05, 0.1) is 5.52 Å². The van der Waals surface area contributed by atoms with Gasteiger partial charge in [0.15, 0.2) is 5.78 Å². The van der Waals surface area contributed by atoms with Crippen LogP contribution in [0.4, 0.5) is 9.18 Å². The number of hydrogen-bond donors (Lipinski definition) is 1. The highest BCUT2D eigenvalue weighted by Crippen LogP contribution is 2.42. The lowest BCUT2D eigenvalue weighted by Crippen LogP contribution is -2.31. The summed E-state index contributed by atoms with van der Waals surface area (Å²) in [7, 11) is 1.48. The summed E-state index contributed by atoms with van der Waals surface area (Å²) in [5.74, 6) is 0.159. The number of carbonyl (C=O) groups is 2. The molecule has 9 heteroatoms. The predicted octanol–water partition coefficient (Wildman–Crippen LogP) is 5.52. The lowest BCUT2D eigenvalue weighted by Gasteiger charge is -2.15. The zero-order valence-electron chi connectivity index (χ0n) is 20.4. The number of aliphatic hydroxyl groups excluding tert-OH is 1. The van der Waals surface area contributed by atoms with E-state index in [-0.39, 0.29) is 17.0 Å². The third-order valence-corrected chi connectivity index (χ3v) is 8.10. The molecule has 1 atom stereocenters. The standard InChI is InChI=1S/C29H23FN4O3S/c1-32(17-35)29(37)34-15-24(22-9-6-19(13-25(22)34)18-4-7-21(30)8-5-18)27(36)23-10-12-33-26(23)16-38-28(33)20-3-2-11-31-14-20/h2-15,28,35H,16-17H2,1H3. The van der Waals surface area contributed by atoms with Crippen molar-refractivity contribution in [3.63, 3.8) is 0 Å². The normalized spacial score (nSPS) is 14.6. The minimum atomic E-state index is -0.473. The maximum atomic E-state index is 13.9. The summed E-state index contributed by atoms with van der Waals surface area (Å²) in [5, 5.41) is 10.2. The molecule has 4 heterocycles. The largest absolute Gasteiger partial charge is 0.376 e. The van der Waals surface area contributed by atoms with Crippen molar-refractivity contribution in [2.75, 3.05) is 13.8 Å². The number of rotatable bonds is 5. The fourth-order valence-corrected chi connectivity index (χ4v) is 6.16. The van der Waals surface area contributed by atoms with Gasteiger partial charge in [0.25, 0.3) is 0 Å². The Balaban J connectivity index is 1.44. The summed E-state index contributed by atoms with van der Waals surface area (Å²) in [5.41, 5.74) is 5.06. The summed E-state index contributed by atoms with van der Waals surface area (Å²) in [4.78, 5) is 32.5. The van der Waals surface area contributed by atoms with Gasteiger partial charge in [-0.3, -0.25) is 14.3 Å². The molecule has 5 aromatic rings. The Bertz CT molecular complexity index is 1680. The number of hydrogen-bond acceptors (Lipinski definition) is 5. The number of carbonyl (C=O) groups excluding carboxylic acids is 2. The van der Waals surface area contributed by atoms with Gasteiger partial charge in [-0.15, -0.1) is 11.8 Å². The summed E-state index contributed by atoms with van der Waals surface area (Å²) < 4.78 is 17.0. The number of halogens is 1. The van der Waals surface area contributed by atoms with Crippen molar-refractivity contribution in [3.8, 4) is 11.1 Å². The Morgan fingerprint density at radius 3 is 2.63 bits per heavy atom. The minimum Gasteiger partial charge on any atom is -0.376 e. The lowest BCUT2D eigenvalue weighted by atomic mass is 10.00. The van der Waals surface area contributed by atoms with Crippen LogP contribution in [-0.4, -0.2) is 49.7 Å². The van der Waals surface area contributed by atoms with Crippen LogP contribution in [0.15, 0.2) is 85.5 Å². The molecule has 1 N–H and O–H groups in total. The van der Waals surface area contributed by atoms with E-state index >= 15 is 0 Å². The summed E-state index contributed by atoms with van der Waals surface area (Å²) in [6, 6.07) is 16.8. The average Bonchev–Trinajstić information content (AvgIpc) is 3.66. The van der Waals surface area contributed by atoms with E-state index in [1.54, 1.807) is 42.4 Å². The number of ketones is 1. The van der Waals surface area contributed by atoms with Crippen LogP contribution >= 0.6 is 11.8 Å². The first-order valence-electron chi connectivity index (χ1n) is 12.0. The second-order valence-corrected chi connectivity index (χ2v) is 10.2. The summed E-state index contributed by atoms with van der Waals surface area (Å²) in [6.07, 6.45) is 7.04. The molecule has 0 saturated carbocycles. The number of pyridine rings is 1. The molecular weight excluding hydrogens is 503 g/mol. The molecule has 0 aliphatic carbocycles. The fourth-order valence-electron chi connectivity index (χ4n) is 4.85. The van der Waals surface area contributed by atoms with Gasteiger partial charge < -0.3 is 14.6 Å². The van der Waals surface area contributed by atoms with Gasteiger partial charge >= 0.3 is 6.03 Å². The molecule has 0 fully saturated rings. The Labute approximate surface area is 222 Å². The van der Waals surface area contributed by atoms with Crippen LogP contribution in [-0.2, 0) is 5.75 Å². The van der Waals surface area contributed by atoms with Crippen molar-refractivity contribution in [1.29, 1.82) is 0 Å². The maximum absolute atomic E-state index is 13.9. The SMILES string of the molecule is CN(CO)C(=O)n1cc(C(=O)c2ccn3c2CSC3c2cccnc2)c2ccc(-c3ccc(F)cc3)cc21. The highest BCUT2D eigenvalue weighted by molar-refractivity contribution is 7.99. The second-order valence-electron chi connectivity index (χ2n) is 9.14. The van der Waals surface area contributed by atoms with Crippen LogP contribution in [0.5, 0.6) is 0 Å². The molecule has 1 amide bonds. The van der Waals surface area contributed by atoms with E-state index in [9.17, 15) is 19.1 Å². The molecule has 0 spiro atoms. The van der Waals surface area contributed by atoms with Crippen LogP contribution in [0.1, 0.15) is 32.6 Å². The molecule has 1 aliphatic rings. The monoisotopic (exact) mass is 526 g/mol. The zero-order chi connectivity index (χ0) is 26.4. The molecule has 6 rings (SSSR count). The molecule has 7 nitrogen and oxygen atoms in total.